The molecule has 1 aliphatic carbocycles. The molecular formula is C11H24N4O. The van der Waals surface area contributed by atoms with E-state index >= 15 is 0 Å². The number of hydrogen-bond donors (Lipinski definition) is 3. The van der Waals surface area contributed by atoms with Crippen molar-refractivity contribution < 1.29 is 4.74 Å². The van der Waals surface area contributed by atoms with Gasteiger partial charge in [-0.2, -0.15) is 0 Å². The summed E-state index contributed by atoms with van der Waals surface area (Å²) in [5, 5.41) is 3.16. The van der Waals surface area contributed by atoms with Crippen LogP contribution in [-0.2, 0) is 4.74 Å². The topological polar surface area (TPSA) is 71.7 Å². The molecule has 1 saturated carbocycles. The molecule has 1 fully saturated rings. The molecule has 0 saturated heterocycles. The molecule has 0 aromatic heterocycles. The van der Waals surface area contributed by atoms with Crippen LogP contribution in [0.2, 0.25) is 0 Å². The molecule has 94 valence electrons. The Balaban J connectivity index is 2.15. The number of ether oxygens (including phenoxy) is 1. The fourth-order valence-electron chi connectivity index (χ4n) is 1.99. The number of nitrogens with one attached hydrogen (secondary N) is 2. The highest BCUT2D eigenvalue weighted by Crippen LogP contribution is 2.24. The van der Waals surface area contributed by atoms with E-state index in [4.69, 9.17) is 10.6 Å². The number of hydrazine groups is 1. The maximum absolute atomic E-state index is 5.40. The molecule has 0 aliphatic heterocycles. The van der Waals surface area contributed by atoms with E-state index in [1.165, 1.54) is 25.7 Å². The van der Waals surface area contributed by atoms with Crippen molar-refractivity contribution in [2.24, 2.45) is 16.8 Å². The van der Waals surface area contributed by atoms with Crippen molar-refractivity contribution >= 4 is 5.96 Å². The van der Waals surface area contributed by atoms with Gasteiger partial charge in [-0.1, -0.05) is 12.8 Å². The standard InChI is InChI=1S/C11H24N4O/c1-16-8-4-7-13-11(15-12)14-9-10-5-2-3-6-10/h10H,2-9,12H2,1H3,(H2,13,14,15). The predicted octanol–water partition coefficient (Wildman–Crippen LogP) is 0.622. The second-order valence-electron chi connectivity index (χ2n) is 4.26. The minimum Gasteiger partial charge on any atom is -0.385 e. The third-order valence-corrected chi connectivity index (χ3v) is 2.94. The van der Waals surface area contributed by atoms with E-state index in [9.17, 15) is 0 Å². The lowest BCUT2D eigenvalue weighted by Gasteiger charge is -2.10. The van der Waals surface area contributed by atoms with Gasteiger partial charge in [0.1, 0.15) is 0 Å². The second-order valence-corrected chi connectivity index (χ2v) is 4.26. The summed E-state index contributed by atoms with van der Waals surface area (Å²) in [7, 11) is 1.70. The highest BCUT2D eigenvalue weighted by atomic mass is 16.5. The van der Waals surface area contributed by atoms with Crippen LogP contribution in [0.15, 0.2) is 4.99 Å². The third-order valence-electron chi connectivity index (χ3n) is 2.94. The summed E-state index contributed by atoms with van der Waals surface area (Å²) in [5.41, 5.74) is 2.60. The largest absolute Gasteiger partial charge is 0.385 e. The summed E-state index contributed by atoms with van der Waals surface area (Å²) in [6.07, 6.45) is 6.29. The Kier molecular flexibility index (Phi) is 6.92. The number of hydrogen-bond acceptors (Lipinski definition) is 3. The van der Waals surface area contributed by atoms with Gasteiger partial charge in [-0.3, -0.25) is 10.4 Å². The molecular weight excluding hydrogens is 204 g/mol. The van der Waals surface area contributed by atoms with Gasteiger partial charge >= 0.3 is 0 Å². The summed E-state index contributed by atoms with van der Waals surface area (Å²) in [6, 6.07) is 0. The van der Waals surface area contributed by atoms with Crippen molar-refractivity contribution in [2.45, 2.75) is 32.1 Å². The maximum Gasteiger partial charge on any atom is 0.205 e. The van der Waals surface area contributed by atoms with Crippen LogP contribution in [-0.4, -0.2) is 32.8 Å². The average molecular weight is 228 g/mol. The van der Waals surface area contributed by atoms with E-state index in [1.807, 2.05) is 0 Å². The van der Waals surface area contributed by atoms with Crippen LogP contribution in [0.4, 0.5) is 0 Å². The molecule has 4 N–H and O–H groups in total. The van der Waals surface area contributed by atoms with E-state index in [-0.39, 0.29) is 0 Å². The van der Waals surface area contributed by atoms with Gasteiger partial charge in [0.05, 0.1) is 0 Å². The van der Waals surface area contributed by atoms with Crippen LogP contribution in [0, 0.1) is 5.92 Å². The zero-order valence-corrected chi connectivity index (χ0v) is 10.2. The van der Waals surface area contributed by atoms with Crippen molar-refractivity contribution in [3.63, 3.8) is 0 Å². The summed E-state index contributed by atoms with van der Waals surface area (Å²) >= 11 is 0. The quantitative estimate of drug-likeness (QED) is 0.205. The SMILES string of the molecule is COCCCNC(=NCC1CCCC1)NN. The van der Waals surface area contributed by atoms with E-state index in [1.54, 1.807) is 7.11 Å². The average Bonchev–Trinajstić information content (AvgIpc) is 2.81. The molecule has 0 bridgehead atoms. The molecule has 0 aromatic carbocycles. The molecule has 0 atom stereocenters. The van der Waals surface area contributed by atoms with Crippen LogP contribution >= 0.6 is 0 Å². The maximum atomic E-state index is 5.40. The number of rotatable bonds is 6. The molecule has 0 spiro atoms. The first-order valence-corrected chi connectivity index (χ1v) is 6.10. The highest BCUT2D eigenvalue weighted by molar-refractivity contribution is 5.79. The predicted molar refractivity (Wildman–Crippen MR) is 66.1 cm³/mol. The molecule has 1 rings (SSSR count). The minimum atomic E-state index is 0.697. The van der Waals surface area contributed by atoms with Gasteiger partial charge < -0.3 is 10.1 Å². The smallest absolute Gasteiger partial charge is 0.205 e. The van der Waals surface area contributed by atoms with Crippen molar-refractivity contribution in [2.75, 3.05) is 26.8 Å². The van der Waals surface area contributed by atoms with E-state index in [0.29, 0.717) is 5.96 Å². The van der Waals surface area contributed by atoms with Gasteiger partial charge in [0.25, 0.3) is 0 Å². The van der Waals surface area contributed by atoms with Crippen molar-refractivity contribution in [1.82, 2.24) is 10.7 Å². The number of guanidine groups is 1. The lowest BCUT2D eigenvalue weighted by Crippen LogP contribution is -2.42. The van der Waals surface area contributed by atoms with Gasteiger partial charge in [-0.15, -0.1) is 0 Å². The Hall–Kier alpha value is -0.810. The van der Waals surface area contributed by atoms with Crippen molar-refractivity contribution in [1.29, 1.82) is 0 Å². The number of methoxy groups -OCH3 is 1. The lowest BCUT2D eigenvalue weighted by molar-refractivity contribution is 0.195. The first-order valence-electron chi connectivity index (χ1n) is 6.10. The first kappa shape index (κ1) is 13.3. The normalized spacial score (nSPS) is 17.8. The lowest BCUT2D eigenvalue weighted by atomic mass is 10.1. The van der Waals surface area contributed by atoms with E-state index in [0.717, 1.165) is 32.0 Å². The summed E-state index contributed by atoms with van der Waals surface area (Å²) in [5.74, 6) is 6.85. The number of nitrogens with zero attached hydrogens (tertiary/aromatic N) is 1. The third kappa shape index (κ3) is 5.32. The van der Waals surface area contributed by atoms with Crippen LogP contribution in [0.3, 0.4) is 0 Å². The van der Waals surface area contributed by atoms with Crippen LogP contribution in [0.25, 0.3) is 0 Å². The molecule has 1 aliphatic rings. The molecule has 5 heteroatoms. The zero-order valence-electron chi connectivity index (χ0n) is 10.2. The Bertz CT molecular complexity index is 202. The summed E-state index contributed by atoms with van der Waals surface area (Å²) < 4.78 is 4.97. The molecule has 0 heterocycles. The van der Waals surface area contributed by atoms with Gasteiger partial charge in [0.15, 0.2) is 0 Å². The molecule has 16 heavy (non-hydrogen) atoms. The minimum absolute atomic E-state index is 0.697. The first-order chi connectivity index (χ1) is 7.86. The molecule has 0 unspecified atom stereocenters. The Labute approximate surface area is 97.8 Å². The van der Waals surface area contributed by atoms with Crippen LogP contribution in [0.1, 0.15) is 32.1 Å². The van der Waals surface area contributed by atoms with E-state index in [2.05, 4.69) is 15.7 Å². The van der Waals surface area contributed by atoms with Crippen molar-refractivity contribution in [3.8, 4) is 0 Å². The Morgan fingerprint density at radius 2 is 2.19 bits per heavy atom. The van der Waals surface area contributed by atoms with Gasteiger partial charge in [0.2, 0.25) is 5.96 Å². The number of nitrogens with two attached hydrogens (primary N) is 1. The Morgan fingerprint density at radius 1 is 1.44 bits per heavy atom. The molecule has 0 aromatic rings. The molecule has 0 radical (unpaired) electrons. The van der Waals surface area contributed by atoms with Crippen LogP contribution < -0.4 is 16.6 Å². The fraction of sp³-hybridized carbons (Fsp3) is 0.909. The molecule has 5 nitrogen and oxygen atoms in total. The summed E-state index contributed by atoms with van der Waals surface area (Å²) in [4.78, 5) is 4.45. The van der Waals surface area contributed by atoms with Gasteiger partial charge in [-0.05, 0) is 25.2 Å². The van der Waals surface area contributed by atoms with Gasteiger partial charge in [0, 0.05) is 26.8 Å². The second kappa shape index (κ2) is 8.35. The van der Waals surface area contributed by atoms with E-state index < -0.39 is 0 Å². The van der Waals surface area contributed by atoms with Crippen molar-refractivity contribution in [3.05, 3.63) is 0 Å². The Morgan fingerprint density at radius 3 is 2.81 bits per heavy atom. The monoisotopic (exact) mass is 228 g/mol. The van der Waals surface area contributed by atoms with Gasteiger partial charge in [-0.25, -0.2) is 5.84 Å². The number of aliphatic imine (C=N–C) groups is 1. The van der Waals surface area contributed by atoms with Crippen LogP contribution in [0.5, 0.6) is 0 Å². The zero-order chi connectivity index (χ0) is 11.6. The fourth-order valence-corrected chi connectivity index (χ4v) is 1.99. The molecule has 0 amide bonds. The summed E-state index contributed by atoms with van der Waals surface area (Å²) in [6.45, 7) is 2.48. The highest BCUT2D eigenvalue weighted by Gasteiger charge is 2.14.